The Labute approximate surface area is 174 Å². The van der Waals surface area contributed by atoms with Crippen molar-refractivity contribution in [2.75, 3.05) is 5.32 Å². The molecule has 2 heterocycles. The van der Waals surface area contributed by atoms with Crippen LogP contribution in [0.25, 0.3) is 20.8 Å². The van der Waals surface area contributed by atoms with Gasteiger partial charge in [0.1, 0.15) is 10.0 Å². The smallest absolute Gasteiger partial charge is 0.225 e. The van der Waals surface area contributed by atoms with Crippen molar-refractivity contribution < 1.29 is 4.79 Å². The largest absolute Gasteiger partial charge is 0.317 e. The third-order valence-electron chi connectivity index (χ3n) is 6.13. The molecule has 0 spiro atoms. The van der Waals surface area contributed by atoms with Crippen LogP contribution in [-0.4, -0.2) is 10.9 Å². The second-order valence-corrected chi connectivity index (χ2v) is 10.3. The zero-order valence-corrected chi connectivity index (χ0v) is 17.8. The van der Waals surface area contributed by atoms with Gasteiger partial charge in [-0.3, -0.25) is 4.79 Å². The summed E-state index contributed by atoms with van der Waals surface area (Å²) >= 11 is 3.54. The Morgan fingerprint density at radius 3 is 2.71 bits per heavy atom. The van der Waals surface area contributed by atoms with Crippen LogP contribution >= 0.6 is 22.7 Å². The average Bonchev–Trinajstić information content (AvgIpc) is 3.28. The van der Waals surface area contributed by atoms with Gasteiger partial charge in [-0.15, -0.1) is 22.7 Å². The van der Waals surface area contributed by atoms with Gasteiger partial charge in [0.15, 0.2) is 0 Å². The number of nitrogens with one attached hydrogen (secondary N) is 1. The van der Waals surface area contributed by atoms with Crippen LogP contribution in [0.3, 0.4) is 0 Å². The molecule has 1 N–H and O–H groups in total. The molecule has 5 heteroatoms. The fourth-order valence-corrected chi connectivity index (χ4v) is 7.11. The molecule has 0 unspecified atom stereocenters. The number of carbonyl (C=O) groups excluding carboxylic acids is 1. The highest BCUT2D eigenvalue weighted by atomic mass is 32.1. The Kier molecular flexibility index (Phi) is 5.20. The van der Waals surface area contributed by atoms with Crippen molar-refractivity contribution in [3.8, 4) is 10.6 Å². The van der Waals surface area contributed by atoms with E-state index in [2.05, 4.69) is 23.5 Å². The van der Waals surface area contributed by atoms with E-state index in [0.29, 0.717) is 12.3 Å². The second-order valence-electron chi connectivity index (χ2n) is 8.16. The van der Waals surface area contributed by atoms with Gasteiger partial charge in [-0.05, 0) is 62.1 Å². The van der Waals surface area contributed by atoms with Gasteiger partial charge in [-0.2, -0.15) is 0 Å². The lowest BCUT2D eigenvalue weighted by Gasteiger charge is -2.20. The first kappa shape index (κ1) is 18.3. The molecule has 0 radical (unpaired) electrons. The Bertz CT molecular complexity index is 964. The van der Waals surface area contributed by atoms with Gasteiger partial charge in [0.05, 0.1) is 10.2 Å². The molecule has 1 fully saturated rings. The summed E-state index contributed by atoms with van der Waals surface area (Å²) < 4.78 is 1.22. The molecule has 2 aliphatic carbocycles. The minimum Gasteiger partial charge on any atom is -0.317 e. The lowest BCUT2D eigenvalue weighted by atomic mass is 9.87. The molecule has 0 atom stereocenters. The fourth-order valence-electron chi connectivity index (χ4n) is 4.69. The minimum atomic E-state index is 0.188. The molecule has 146 valence electrons. The monoisotopic (exact) mass is 410 g/mol. The molecule has 28 heavy (non-hydrogen) atoms. The highest BCUT2D eigenvalue weighted by molar-refractivity contribution is 7.22. The summed E-state index contributed by atoms with van der Waals surface area (Å²) in [5, 5.41) is 5.40. The minimum absolute atomic E-state index is 0.188. The van der Waals surface area contributed by atoms with Crippen LogP contribution in [0.4, 0.5) is 5.00 Å². The van der Waals surface area contributed by atoms with Gasteiger partial charge in [0, 0.05) is 16.9 Å². The van der Waals surface area contributed by atoms with E-state index in [1.54, 1.807) is 22.7 Å². The number of aryl methyl sites for hydroxylation is 1. The molecule has 0 bridgehead atoms. The van der Waals surface area contributed by atoms with Crippen LogP contribution in [0.5, 0.6) is 0 Å². The number of hydrogen-bond acceptors (Lipinski definition) is 4. The van der Waals surface area contributed by atoms with Crippen molar-refractivity contribution in [3.63, 3.8) is 0 Å². The van der Waals surface area contributed by atoms with Gasteiger partial charge in [-0.1, -0.05) is 31.4 Å². The normalized spacial score (nSPS) is 17.6. The van der Waals surface area contributed by atoms with Gasteiger partial charge in [0.2, 0.25) is 5.91 Å². The summed E-state index contributed by atoms with van der Waals surface area (Å²) in [7, 11) is 0. The van der Waals surface area contributed by atoms with Crippen LogP contribution in [0.2, 0.25) is 0 Å². The number of aromatic nitrogens is 1. The van der Waals surface area contributed by atoms with Crippen LogP contribution in [0.15, 0.2) is 24.3 Å². The van der Waals surface area contributed by atoms with Crippen molar-refractivity contribution >= 4 is 43.8 Å². The number of benzene rings is 1. The van der Waals surface area contributed by atoms with Crippen molar-refractivity contribution in [2.45, 2.75) is 64.2 Å². The molecule has 0 aliphatic heterocycles. The Morgan fingerprint density at radius 2 is 1.86 bits per heavy atom. The van der Waals surface area contributed by atoms with E-state index < -0.39 is 0 Å². The molecule has 0 saturated heterocycles. The highest BCUT2D eigenvalue weighted by Gasteiger charge is 2.26. The summed E-state index contributed by atoms with van der Waals surface area (Å²) in [4.78, 5) is 19.2. The molecule has 5 rings (SSSR count). The number of fused-ring (bicyclic) bond motifs is 2. The number of nitrogens with zero attached hydrogens (tertiary/aromatic N) is 1. The molecular weight excluding hydrogens is 384 g/mol. The summed E-state index contributed by atoms with van der Waals surface area (Å²) in [6.45, 7) is 0. The number of anilines is 1. The SMILES string of the molecule is O=C(CC1CCCCC1)Nc1sc2c(c1-c1nc3ccccc3s1)CCCC2. The van der Waals surface area contributed by atoms with E-state index in [0.717, 1.165) is 28.4 Å². The van der Waals surface area contributed by atoms with Crippen molar-refractivity contribution in [1.29, 1.82) is 0 Å². The molecule has 3 nitrogen and oxygen atoms in total. The topological polar surface area (TPSA) is 42.0 Å². The lowest BCUT2D eigenvalue weighted by molar-refractivity contribution is -0.117. The molecular formula is C23H26N2OS2. The number of carbonyl (C=O) groups is 1. The fraction of sp³-hybridized carbons (Fsp3) is 0.478. The van der Waals surface area contributed by atoms with Crippen molar-refractivity contribution in [3.05, 3.63) is 34.7 Å². The maximum absolute atomic E-state index is 12.8. The maximum atomic E-state index is 12.8. The van der Waals surface area contributed by atoms with E-state index in [9.17, 15) is 4.79 Å². The van der Waals surface area contributed by atoms with Gasteiger partial charge < -0.3 is 5.32 Å². The molecule has 1 aromatic carbocycles. The zero-order valence-electron chi connectivity index (χ0n) is 16.1. The van der Waals surface area contributed by atoms with Gasteiger partial charge in [0.25, 0.3) is 0 Å². The lowest BCUT2D eigenvalue weighted by Crippen LogP contribution is -2.18. The first-order chi connectivity index (χ1) is 13.8. The average molecular weight is 411 g/mol. The number of thiophene rings is 1. The van der Waals surface area contributed by atoms with Crippen molar-refractivity contribution in [1.82, 2.24) is 4.98 Å². The van der Waals surface area contributed by atoms with Crippen LogP contribution < -0.4 is 5.32 Å². The molecule has 2 aromatic heterocycles. The molecule has 1 saturated carbocycles. The highest BCUT2D eigenvalue weighted by Crippen LogP contribution is 2.46. The predicted molar refractivity (Wildman–Crippen MR) is 119 cm³/mol. The standard InChI is InChI=1S/C23H26N2OS2/c26-20(14-15-8-2-1-3-9-15)25-23-21(16-10-4-6-12-18(16)27-23)22-24-17-11-5-7-13-19(17)28-22/h5,7,11,13,15H,1-4,6,8-10,12,14H2,(H,25,26). The first-order valence-corrected chi connectivity index (χ1v) is 12.2. The van der Waals surface area contributed by atoms with Crippen molar-refractivity contribution in [2.24, 2.45) is 5.92 Å². The van der Waals surface area contributed by atoms with Crippen LogP contribution in [0, 0.1) is 5.92 Å². The van der Waals surface area contributed by atoms with E-state index in [4.69, 9.17) is 4.98 Å². The maximum Gasteiger partial charge on any atom is 0.225 e. The Hall–Kier alpha value is -1.72. The number of hydrogen-bond donors (Lipinski definition) is 1. The summed E-state index contributed by atoms with van der Waals surface area (Å²) in [5.74, 6) is 0.752. The van der Waals surface area contributed by atoms with Crippen LogP contribution in [-0.2, 0) is 17.6 Å². The second kappa shape index (κ2) is 7.96. The first-order valence-electron chi connectivity index (χ1n) is 10.6. The summed E-state index contributed by atoms with van der Waals surface area (Å²) in [5.41, 5.74) is 3.69. The molecule has 2 aliphatic rings. The quantitative estimate of drug-likeness (QED) is 0.513. The van der Waals surface area contributed by atoms with E-state index in [1.165, 1.54) is 65.6 Å². The van der Waals surface area contributed by atoms with Crippen LogP contribution in [0.1, 0.15) is 61.8 Å². The van der Waals surface area contributed by atoms with Gasteiger partial charge >= 0.3 is 0 Å². The molecule has 3 aromatic rings. The van der Waals surface area contributed by atoms with Gasteiger partial charge in [-0.25, -0.2) is 4.98 Å². The Morgan fingerprint density at radius 1 is 1.04 bits per heavy atom. The predicted octanol–water partition coefficient (Wildman–Crippen LogP) is 6.81. The number of rotatable bonds is 4. The molecule has 1 amide bonds. The Balaban J connectivity index is 1.47. The zero-order chi connectivity index (χ0) is 18.9. The van der Waals surface area contributed by atoms with E-state index >= 15 is 0 Å². The van der Waals surface area contributed by atoms with E-state index in [1.807, 2.05) is 6.07 Å². The number of amides is 1. The third kappa shape index (κ3) is 3.62. The summed E-state index contributed by atoms with van der Waals surface area (Å²) in [6, 6.07) is 8.33. The number of thiazole rings is 1. The summed E-state index contributed by atoms with van der Waals surface area (Å²) in [6.07, 6.45) is 11.7. The third-order valence-corrected chi connectivity index (χ3v) is 8.39. The number of para-hydroxylation sites is 1. The van der Waals surface area contributed by atoms with E-state index in [-0.39, 0.29) is 5.91 Å².